The molecule has 0 radical (unpaired) electrons. The average molecular weight is 351 g/mol. The Balaban J connectivity index is 1.70. The van der Waals surface area contributed by atoms with Crippen LogP contribution in [-0.2, 0) is 4.79 Å². The van der Waals surface area contributed by atoms with Gasteiger partial charge in [-0.3, -0.25) is 15.2 Å². The average Bonchev–Trinajstić information content (AvgIpc) is 3.01. The molecule has 0 saturated heterocycles. The van der Waals surface area contributed by atoms with Crippen molar-refractivity contribution in [2.75, 3.05) is 18.4 Å². The predicted molar refractivity (Wildman–Crippen MR) is 102 cm³/mol. The maximum atomic E-state index is 11.9. The molecule has 0 bridgehead atoms. The van der Waals surface area contributed by atoms with Crippen molar-refractivity contribution in [3.8, 4) is 11.1 Å². The Labute approximate surface area is 151 Å². The van der Waals surface area contributed by atoms with Gasteiger partial charge in [-0.2, -0.15) is 5.10 Å². The molecule has 0 aliphatic rings. The number of nitrogens with one attached hydrogen (secondary N) is 4. The van der Waals surface area contributed by atoms with Crippen LogP contribution in [0.1, 0.15) is 12.5 Å². The zero-order valence-corrected chi connectivity index (χ0v) is 14.7. The van der Waals surface area contributed by atoms with Crippen LogP contribution in [0, 0.1) is 6.92 Å². The van der Waals surface area contributed by atoms with Crippen LogP contribution in [0.15, 0.2) is 42.5 Å². The highest BCUT2D eigenvalue weighted by molar-refractivity contribution is 6.00. The van der Waals surface area contributed by atoms with Gasteiger partial charge in [0, 0.05) is 25.4 Å². The van der Waals surface area contributed by atoms with Crippen LogP contribution in [0.2, 0.25) is 0 Å². The fourth-order valence-corrected chi connectivity index (χ4v) is 2.75. The summed E-state index contributed by atoms with van der Waals surface area (Å²) in [5.74, 6) is 0.336. The van der Waals surface area contributed by atoms with Gasteiger partial charge in [0.15, 0.2) is 5.82 Å². The summed E-state index contributed by atoms with van der Waals surface area (Å²) in [5.41, 5.74) is 4.29. The molecule has 0 saturated carbocycles. The maximum absolute atomic E-state index is 11.9. The van der Waals surface area contributed by atoms with Gasteiger partial charge in [-0.05, 0) is 35.7 Å². The van der Waals surface area contributed by atoms with Crippen molar-refractivity contribution in [1.29, 1.82) is 0 Å². The van der Waals surface area contributed by atoms with Gasteiger partial charge in [0.1, 0.15) is 0 Å². The van der Waals surface area contributed by atoms with E-state index in [-0.39, 0.29) is 11.9 Å². The SMILES string of the molecule is CC(=O)NCCNC(=O)Nc1n[nH]c2cc(-c3ccccc3C)ccc12. The van der Waals surface area contributed by atoms with E-state index in [9.17, 15) is 9.59 Å². The number of aromatic nitrogens is 2. The summed E-state index contributed by atoms with van der Waals surface area (Å²) in [6.07, 6.45) is 0. The number of H-pyrrole nitrogens is 1. The topological polar surface area (TPSA) is 98.9 Å². The molecule has 3 rings (SSSR count). The van der Waals surface area contributed by atoms with E-state index in [4.69, 9.17) is 0 Å². The molecule has 0 fully saturated rings. The number of aromatic amines is 1. The van der Waals surface area contributed by atoms with Crippen LogP contribution < -0.4 is 16.0 Å². The monoisotopic (exact) mass is 351 g/mol. The largest absolute Gasteiger partial charge is 0.355 e. The number of amides is 3. The molecule has 26 heavy (non-hydrogen) atoms. The third-order valence-corrected chi connectivity index (χ3v) is 4.04. The zero-order chi connectivity index (χ0) is 18.5. The van der Waals surface area contributed by atoms with Crippen LogP contribution in [0.25, 0.3) is 22.0 Å². The second-order valence-corrected chi connectivity index (χ2v) is 6.01. The Morgan fingerprint density at radius 2 is 1.85 bits per heavy atom. The molecule has 4 N–H and O–H groups in total. The summed E-state index contributed by atoms with van der Waals surface area (Å²) in [4.78, 5) is 22.7. The second-order valence-electron chi connectivity index (χ2n) is 6.01. The molecule has 3 amide bonds. The number of nitrogens with zero attached hydrogens (tertiary/aromatic N) is 1. The summed E-state index contributed by atoms with van der Waals surface area (Å²) >= 11 is 0. The molecule has 1 aromatic heterocycles. The molecular weight excluding hydrogens is 330 g/mol. The molecular formula is C19H21N5O2. The summed E-state index contributed by atoms with van der Waals surface area (Å²) < 4.78 is 0. The number of hydrogen-bond donors (Lipinski definition) is 4. The molecule has 134 valence electrons. The molecule has 0 unspecified atom stereocenters. The Hall–Kier alpha value is -3.35. The Kier molecular flexibility index (Phi) is 5.17. The van der Waals surface area contributed by atoms with Crippen LogP contribution in [0.5, 0.6) is 0 Å². The van der Waals surface area contributed by atoms with E-state index in [1.54, 1.807) is 0 Å². The molecule has 0 aliphatic carbocycles. The molecule has 0 aliphatic heterocycles. The molecule has 2 aromatic carbocycles. The van der Waals surface area contributed by atoms with Crippen molar-refractivity contribution >= 4 is 28.7 Å². The summed E-state index contributed by atoms with van der Waals surface area (Å²) in [6.45, 7) is 4.22. The fourth-order valence-electron chi connectivity index (χ4n) is 2.75. The first kappa shape index (κ1) is 17.5. The van der Waals surface area contributed by atoms with Gasteiger partial charge in [-0.1, -0.05) is 30.3 Å². The minimum Gasteiger partial charge on any atom is -0.355 e. The molecule has 0 atom stereocenters. The van der Waals surface area contributed by atoms with Crippen molar-refractivity contribution in [3.63, 3.8) is 0 Å². The summed E-state index contributed by atoms with van der Waals surface area (Å²) in [7, 11) is 0. The number of rotatable bonds is 5. The third-order valence-electron chi connectivity index (χ3n) is 4.04. The molecule has 7 heteroatoms. The van der Waals surface area contributed by atoms with Crippen molar-refractivity contribution in [2.45, 2.75) is 13.8 Å². The van der Waals surface area contributed by atoms with Gasteiger partial charge in [0.2, 0.25) is 5.91 Å². The lowest BCUT2D eigenvalue weighted by atomic mass is 10.00. The number of hydrogen-bond acceptors (Lipinski definition) is 3. The normalized spacial score (nSPS) is 10.5. The number of aryl methyl sites for hydroxylation is 1. The first-order chi connectivity index (χ1) is 12.5. The highest BCUT2D eigenvalue weighted by Crippen LogP contribution is 2.28. The highest BCUT2D eigenvalue weighted by atomic mass is 16.2. The first-order valence-electron chi connectivity index (χ1n) is 8.38. The van der Waals surface area contributed by atoms with E-state index < -0.39 is 0 Å². The first-order valence-corrected chi connectivity index (χ1v) is 8.38. The minimum absolute atomic E-state index is 0.130. The van der Waals surface area contributed by atoms with Gasteiger partial charge in [0.25, 0.3) is 0 Å². The van der Waals surface area contributed by atoms with Crippen molar-refractivity contribution in [3.05, 3.63) is 48.0 Å². The second kappa shape index (κ2) is 7.69. The number of carbonyl (C=O) groups is 2. The maximum Gasteiger partial charge on any atom is 0.320 e. The van der Waals surface area contributed by atoms with E-state index in [1.165, 1.54) is 12.5 Å². The fraction of sp³-hybridized carbons (Fsp3) is 0.211. The molecule has 1 heterocycles. The highest BCUT2D eigenvalue weighted by Gasteiger charge is 2.10. The number of benzene rings is 2. The molecule has 7 nitrogen and oxygen atoms in total. The van der Waals surface area contributed by atoms with Gasteiger partial charge >= 0.3 is 6.03 Å². The van der Waals surface area contributed by atoms with Crippen LogP contribution in [-0.4, -0.2) is 35.2 Å². The van der Waals surface area contributed by atoms with Crippen molar-refractivity contribution in [1.82, 2.24) is 20.8 Å². The predicted octanol–water partition coefficient (Wildman–Crippen LogP) is 2.80. The van der Waals surface area contributed by atoms with Gasteiger partial charge < -0.3 is 10.6 Å². The van der Waals surface area contributed by atoms with E-state index in [1.807, 2.05) is 30.3 Å². The Morgan fingerprint density at radius 3 is 2.62 bits per heavy atom. The zero-order valence-electron chi connectivity index (χ0n) is 14.7. The number of urea groups is 1. The van der Waals surface area contributed by atoms with Gasteiger partial charge in [0.05, 0.1) is 5.52 Å². The standard InChI is InChI=1S/C19H21N5O2/c1-12-5-3-4-6-15(12)14-7-8-16-17(11-14)23-24-18(16)22-19(26)21-10-9-20-13(2)25/h3-8,11H,9-10H2,1-2H3,(H,20,25)(H3,21,22,23,24,26). The Bertz CT molecular complexity index is 948. The quantitative estimate of drug-likeness (QED) is 0.532. The van der Waals surface area contributed by atoms with Crippen LogP contribution >= 0.6 is 0 Å². The van der Waals surface area contributed by atoms with Gasteiger partial charge in [-0.25, -0.2) is 4.79 Å². The van der Waals surface area contributed by atoms with E-state index in [2.05, 4.69) is 45.2 Å². The van der Waals surface area contributed by atoms with E-state index in [0.29, 0.717) is 18.9 Å². The van der Waals surface area contributed by atoms with E-state index >= 15 is 0 Å². The summed E-state index contributed by atoms with van der Waals surface area (Å²) in [5, 5.41) is 16.0. The van der Waals surface area contributed by atoms with Crippen LogP contribution in [0.3, 0.4) is 0 Å². The van der Waals surface area contributed by atoms with Gasteiger partial charge in [-0.15, -0.1) is 0 Å². The number of anilines is 1. The number of carbonyl (C=O) groups excluding carboxylic acids is 2. The van der Waals surface area contributed by atoms with Crippen molar-refractivity contribution < 1.29 is 9.59 Å². The minimum atomic E-state index is -0.369. The lowest BCUT2D eigenvalue weighted by Gasteiger charge is -2.07. The number of fused-ring (bicyclic) bond motifs is 1. The lowest BCUT2D eigenvalue weighted by molar-refractivity contribution is -0.118. The smallest absolute Gasteiger partial charge is 0.320 e. The van der Waals surface area contributed by atoms with E-state index in [0.717, 1.165) is 22.0 Å². The Morgan fingerprint density at radius 1 is 1.08 bits per heavy atom. The molecule has 0 spiro atoms. The third kappa shape index (κ3) is 4.00. The summed E-state index contributed by atoms with van der Waals surface area (Å²) in [6, 6.07) is 13.8. The molecule has 3 aromatic rings. The van der Waals surface area contributed by atoms with Crippen molar-refractivity contribution in [2.24, 2.45) is 0 Å². The lowest BCUT2D eigenvalue weighted by Crippen LogP contribution is -2.36. The van der Waals surface area contributed by atoms with Crippen LogP contribution in [0.4, 0.5) is 10.6 Å².